The number of hydrogen-bond acceptors (Lipinski definition) is 4. The number of carbonyl (C=O) groups is 2. The molecular weight excluding hydrogens is 240 g/mol. The molecule has 0 aromatic carbocycles. The number of thiazole rings is 1. The molecule has 1 unspecified atom stereocenters. The maximum atomic E-state index is 11.8. The lowest BCUT2D eigenvalue weighted by Crippen LogP contribution is -2.39. The number of hydrogen-bond donors (Lipinski definition) is 2. The molecule has 0 radical (unpaired) electrons. The first kappa shape index (κ1) is 13.6. The summed E-state index contributed by atoms with van der Waals surface area (Å²) < 4.78 is 0. The zero-order valence-electron chi connectivity index (χ0n) is 10.1. The second-order valence-electron chi connectivity index (χ2n) is 3.99. The van der Waals surface area contributed by atoms with E-state index in [2.05, 4.69) is 10.3 Å². The molecule has 0 aliphatic rings. The van der Waals surface area contributed by atoms with Gasteiger partial charge in [-0.15, -0.1) is 11.3 Å². The monoisotopic (exact) mass is 256 g/mol. The van der Waals surface area contributed by atoms with Gasteiger partial charge in [0, 0.05) is 5.92 Å². The lowest BCUT2D eigenvalue weighted by Gasteiger charge is -2.10. The highest BCUT2D eigenvalue weighted by atomic mass is 32.1. The van der Waals surface area contributed by atoms with Gasteiger partial charge in [0.15, 0.2) is 0 Å². The summed E-state index contributed by atoms with van der Waals surface area (Å²) in [6.07, 6.45) is 1.85. The topological polar surface area (TPSA) is 79.3 Å². The molecule has 1 amide bonds. The third-order valence-electron chi connectivity index (χ3n) is 2.25. The number of carboxylic acid groups (broad SMARTS) is 1. The van der Waals surface area contributed by atoms with Gasteiger partial charge in [0.2, 0.25) is 0 Å². The van der Waals surface area contributed by atoms with Crippen molar-refractivity contribution in [2.45, 2.75) is 39.2 Å². The van der Waals surface area contributed by atoms with Crippen molar-refractivity contribution < 1.29 is 14.7 Å². The number of carboxylic acids is 1. The van der Waals surface area contributed by atoms with Crippen LogP contribution in [0.25, 0.3) is 0 Å². The van der Waals surface area contributed by atoms with Crippen molar-refractivity contribution in [2.75, 3.05) is 0 Å². The van der Waals surface area contributed by atoms with E-state index < -0.39 is 12.0 Å². The number of amides is 1. The first-order chi connectivity index (χ1) is 7.95. The van der Waals surface area contributed by atoms with Crippen LogP contribution in [0.3, 0.4) is 0 Å². The summed E-state index contributed by atoms with van der Waals surface area (Å²) in [7, 11) is 0. The van der Waals surface area contributed by atoms with E-state index in [0.717, 1.165) is 5.01 Å². The van der Waals surface area contributed by atoms with E-state index in [1.165, 1.54) is 17.5 Å². The van der Waals surface area contributed by atoms with Gasteiger partial charge in [0.25, 0.3) is 5.91 Å². The maximum Gasteiger partial charge on any atom is 0.326 e. The van der Waals surface area contributed by atoms with E-state index in [9.17, 15) is 9.59 Å². The molecule has 94 valence electrons. The average Bonchev–Trinajstić information content (AvgIpc) is 2.74. The second kappa shape index (κ2) is 5.77. The van der Waals surface area contributed by atoms with Crippen LogP contribution in [0, 0.1) is 0 Å². The molecule has 0 saturated carbocycles. The molecule has 0 fully saturated rings. The molecule has 0 saturated heterocycles. The molecule has 6 heteroatoms. The highest BCUT2D eigenvalue weighted by Gasteiger charge is 2.20. The number of nitrogens with zero attached hydrogens (tertiary/aromatic N) is 1. The van der Waals surface area contributed by atoms with Crippen LogP contribution in [0.2, 0.25) is 0 Å². The van der Waals surface area contributed by atoms with Gasteiger partial charge in [-0.2, -0.15) is 0 Å². The molecule has 1 rings (SSSR count). The van der Waals surface area contributed by atoms with Crippen LogP contribution < -0.4 is 5.32 Å². The summed E-state index contributed by atoms with van der Waals surface area (Å²) in [5.74, 6) is -1.12. The van der Waals surface area contributed by atoms with Crippen LogP contribution in [0.15, 0.2) is 6.20 Å². The standard InChI is InChI=1S/C11H16N2O3S/c1-4-7(11(15)16)13-9(14)8-5-12-10(17-8)6(2)3/h5-7H,4H2,1-3H3,(H,13,14)(H,15,16). The Balaban J connectivity index is 2.72. The lowest BCUT2D eigenvalue weighted by molar-refractivity contribution is -0.139. The van der Waals surface area contributed by atoms with E-state index in [0.29, 0.717) is 11.3 Å². The molecule has 2 N–H and O–H groups in total. The fourth-order valence-electron chi connectivity index (χ4n) is 1.23. The van der Waals surface area contributed by atoms with Crippen molar-refractivity contribution in [3.8, 4) is 0 Å². The van der Waals surface area contributed by atoms with Crippen LogP contribution in [0.5, 0.6) is 0 Å². The van der Waals surface area contributed by atoms with Crippen molar-refractivity contribution in [1.29, 1.82) is 0 Å². The summed E-state index contributed by atoms with van der Waals surface area (Å²) in [5.41, 5.74) is 0. The molecule has 0 bridgehead atoms. The van der Waals surface area contributed by atoms with Crippen molar-refractivity contribution in [3.63, 3.8) is 0 Å². The largest absolute Gasteiger partial charge is 0.480 e. The van der Waals surface area contributed by atoms with Gasteiger partial charge in [0.05, 0.1) is 11.2 Å². The third kappa shape index (κ3) is 3.52. The van der Waals surface area contributed by atoms with Gasteiger partial charge in [-0.25, -0.2) is 9.78 Å². The fourth-order valence-corrected chi connectivity index (χ4v) is 2.05. The Morgan fingerprint density at radius 2 is 2.18 bits per heavy atom. The fraction of sp³-hybridized carbons (Fsp3) is 0.545. The van der Waals surface area contributed by atoms with Crippen molar-refractivity contribution in [1.82, 2.24) is 10.3 Å². The normalized spacial score (nSPS) is 12.5. The minimum atomic E-state index is -1.02. The zero-order chi connectivity index (χ0) is 13.0. The van der Waals surface area contributed by atoms with Gasteiger partial charge in [-0.1, -0.05) is 20.8 Å². The number of aliphatic carboxylic acids is 1. The summed E-state index contributed by atoms with van der Waals surface area (Å²) in [6, 6.07) is -0.841. The van der Waals surface area contributed by atoms with Crippen LogP contribution in [0.1, 0.15) is 47.8 Å². The Labute approximate surface area is 104 Å². The first-order valence-corrected chi connectivity index (χ1v) is 6.26. The predicted molar refractivity (Wildman–Crippen MR) is 65.4 cm³/mol. The molecule has 17 heavy (non-hydrogen) atoms. The van der Waals surface area contributed by atoms with Gasteiger partial charge in [-0.3, -0.25) is 4.79 Å². The number of carbonyl (C=O) groups excluding carboxylic acids is 1. The SMILES string of the molecule is CCC(NC(=O)c1cnc(C(C)C)s1)C(=O)O. The Kier molecular flexibility index (Phi) is 4.62. The molecule has 0 aliphatic carbocycles. The van der Waals surface area contributed by atoms with Crippen LogP contribution in [-0.4, -0.2) is 28.0 Å². The Morgan fingerprint density at radius 3 is 2.59 bits per heavy atom. The van der Waals surface area contributed by atoms with Gasteiger partial charge in [-0.05, 0) is 6.42 Å². The Morgan fingerprint density at radius 1 is 1.53 bits per heavy atom. The maximum absolute atomic E-state index is 11.8. The van der Waals surface area contributed by atoms with Crippen molar-refractivity contribution >= 4 is 23.2 Å². The molecule has 1 aromatic rings. The minimum absolute atomic E-state index is 0.267. The molecule has 0 aliphatic heterocycles. The summed E-state index contributed by atoms with van der Waals surface area (Å²) in [6.45, 7) is 5.70. The van der Waals surface area contributed by atoms with Crippen LogP contribution >= 0.6 is 11.3 Å². The van der Waals surface area contributed by atoms with Crippen molar-refractivity contribution in [3.05, 3.63) is 16.1 Å². The highest BCUT2D eigenvalue weighted by Crippen LogP contribution is 2.20. The van der Waals surface area contributed by atoms with Crippen LogP contribution in [0.4, 0.5) is 0 Å². The summed E-state index contributed by atoms with van der Waals surface area (Å²) in [4.78, 5) is 27.1. The molecular formula is C11H16N2O3S. The second-order valence-corrected chi connectivity index (χ2v) is 5.05. The highest BCUT2D eigenvalue weighted by molar-refractivity contribution is 7.13. The minimum Gasteiger partial charge on any atom is -0.480 e. The van der Waals surface area contributed by atoms with E-state index in [1.807, 2.05) is 13.8 Å². The molecule has 1 heterocycles. The average molecular weight is 256 g/mol. The Bertz CT molecular complexity index is 415. The van der Waals surface area contributed by atoms with Crippen LogP contribution in [-0.2, 0) is 4.79 Å². The number of rotatable bonds is 5. The molecule has 5 nitrogen and oxygen atoms in total. The number of nitrogens with one attached hydrogen (secondary N) is 1. The summed E-state index contributed by atoms with van der Waals surface area (Å²) >= 11 is 1.30. The van der Waals surface area contributed by atoms with E-state index in [4.69, 9.17) is 5.11 Å². The van der Waals surface area contributed by atoms with E-state index in [1.54, 1.807) is 6.92 Å². The predicted octanol–water partition coefficient (Wildman–Crippen LogP) is 1.86. The summed E-state index contributed by atoms with van der Waals surface area (Å²) in [5, 5.41) is 12.2. The first-order valence-electron chi connectivity index (χ1n) is 5.45. The van der Waals surface area contributed by atoms with Crippen molar-refractivity contribution in [2.24, 2.45) is 0 Å². The molecule has 0 spiro atoms. The molecule has 1 aromatic heterocycles. The number of aromatic nitrogens is 1. The quantitative estimate of drug-likeness (QED) is 0.842. The van der Waals surface area contributed by atoms with Gasteiger partial charge in [0.1, 0.15) is 10.9 Å². The smallest absolute Gasteiger partial charge is 0.326 e. The zero-order valence-corrected chi connectivity index (χ0v) is 10.9. The van der Waals surface area contributed by atoms with E-state index in [-0.39, 0.29) is 11.8 Å². The lowest BCUT2D eigenvalue weighted by atomic mass is 10.2. The molecule has 1 atom stereocenters. The Hall–Kier alpha value is -1.43. The van der Waals surface area contributed by atoms with Gasteiger partial charge >= 0.3 is 5.97 Å². The van der Waals surface area contributed by atoms with Gasteiger partial charge < -0.3 is 10.4 Å². The third-order valence-corrected chi connectivity index (χ3v) is 3.55. The van der Waals surface area contributed by atoms with E-state index >= 15 is 0 Å².